The molecule has 4 nitrogen and oxygen atoms in total. The fourth-order valence-corrected chi connectivity index (χ4v) is 3.33. The summed E-state index contributed by atoms with van der Waals surface area (Å²) in [6, 6.07) is 21.3. The van der Waals surface area contributed by atoms with E-state index in [4.69, 9.17) is 9.47 Å². The topological polar surface area (TPSA) is 47.9 Å². The molecule has 1 aliphatic heterocycles. The van der Waals surface area contributed by atoms with E-state index in [2.05, 4.69) is 27.6 Å². The number of nitrogens with zero attached hydrogens (tertiary/aromatic N) is 1. The van der Waals surface area contributed by atoms with E-state index in [0.717, 1.165) is 14.7 Å². The highest BCUT2D eigenvalue weighted by Crippen LogP contribution is 2.23. The van der Waals surface area contributed by atoms with Crippen molar-refractivity contribution in [3.63, 3.8) is 0 Å². The molecule has 29 heavy (non-hydrogen) atoms. The van der Waals surface area contributed by atoms with Crippen LogP contribution in [0.15, 0.2) is 83.5 Å². The van der Waals surface area contributed by atoms with Gasteiger partial charge in [-0.05, 0) is 64.6 Å². The number of aliphatic imine (C=N–C) groups is 1. The lowest BCUT2D eigenvalue weighted by molar-refractivity contribution is -0.129. The molecule has 0 saturated carbocycles. The first kappa shape index (κ1) is 19.3. The summed E-state index contributed by atoms with van der Waals surface area (Å²) in [5, 5.41) is 0. The minimum Gasteiger partial charge on any atom is -0.489 e. The highest BCUT2D eigenvalue weighted by Gasteiger charge is 2.25. The summed E-state index contributed by atoms with van der Waals surface area (Å²) >= 11 is 2.27. The van der Waals surface area contributed by atoms with Gasteiger partial charge in [0.05, 0.1) is 5.56 Å². The average Bonchev–Trinajstić information content (AvgIpc) is 3.08. The number of esters is 1. The molecular formula is C23H15FINO3. The van der Waals surface area contributed by atoms with Crippen molar-refractivity contribution in [1.29, 1.82) is 0 Å². The van der Waals surface area contributed by atoms with Crippen molar-refractivity contribution >= 4 is 40.5 Å². The molecule has 3 aromatic rings. The quantitative estimate of drug-likeness (QED) is 0.270. The molecule has 0 amide bonds. The minimum atomic E-state index is -0.617. The second-order valence-corrected chi connectivity index (χ2v) is 7.43. The van der Waals surface area contributed by atoms with E-state index in [1.807, 2.05) is 48.5 Å². The molecule has 0 unspecified atom stereocenters. The van der Waals surface area contributed by atoms with Gasteiger partial charge in [-0.2, -0.15) is 0 Å². The third kappa shape index (κ3) is 4.54. The number of carbonyl (C=O) groups is 1. The Morgan fingerprint density at radius 2 is 1.83 bits per heavy atom. The van der Waals surface area contributed by atoms with E-state index in [9.17, 15) is 9.18 Å². The van der Waals surface area contributed by atoms with E-state index in [0.29, 0.717) is 12.4 Å². The first-order valence-electron chi connectivity index (χ1n) is 8.84. The van der Waals surface area contributed by atoms with Gasteiger partial charge in [0, 0.05) is 9.13 Å². The van der Waals surface area contributed by atoms with Gasteiger partial charge < -0.3 is 9.47 Å². The predicted molar refractivity (Wildman–Crippen MR) is 117 cm³/mol. The lowest BCUT2D eigenvalue weighted by Gasteiger charge is -2.08. The molecule has 0 radical (unpaired) electrons. The third-order valence-electron chi connectivity index (χ3n) is 4.24. The van der Waals surface area contributed by atoms with Crippen molar-refractivity contribution in [2.75, 3.05) is 0 Å². The number of carbonyl (C=O) groups excluding carboxylic acids is 1. The molecule has 0 aromatic heterocycles. The van der Waals surface area contributed by atoms with Crippen LogP contribution in [0, 0.1) is 9.39 Å². The van der Waals surface area contributed by atoms with Crippen molar-refractivity contribution < 1.29 is 18.7 Å². The summed E-state index contributed by atoms with van der Waals surface area (Å²) in [5.41, 5.74) is 2.09. The Morgan fingerprint density at radius 1 is 1.03 bits per heavy atom. The first-order valence-corrected chi connectivity index (χ1v) is 9.92. The smallest absolute Gasteiger partial charge is 0.363 e. The monoisotopic (exact) mass is 499 g/mol. The first-order chi connectivity index (χ1) is 14.1. The molecule has 3 aromatic carbocycles. The molecule has 1 aliphatic rings. The summed E-state index contributed by atoms with van der Waals surface area (Å²) in [5.74, 6) is -0.478. The standard InChI is InChI=1S/C23H15FINO3/c24-19-10-3-2-9-18(19)22-26-21(23(27)29-22)13-15-6-5-8-17(12-15)28-14-16-7-1-4-11-20(16)25/h1-13H,14H2/b21-13-. The Labute approximate surface area is 180 Å². The number of halogens is 2. The number of hydrogen-bond donors (Lipinski definition) is 0. The number of benzene rings is 3. The van der Waals surface area contributed by atoms with Crippen molar-refractivity contribution in [3.05, 3.63) is 105 Å². The Hall–Kier alpha value is -3.00. The highest BCUT2D eigenvalue weighted by molar-refractivity contribution is 14.1. The van der Waals surface area contributed by atoms with Crippen LogP contribution in [0.2, 0.25) is 0 Å². The highest BCUT2D eigenvalue weighted by atomic mass is 127. The van der Waals surface area contributed by atoms with Crippen molar-refractivity contribution in [2.45, 2.75) is 6.61 Å². The van der Waals surface area contributed by atoms with Crippen LogP contribution in [0.3, 0.4) is 0 Å². The molecule has 0 fully saturated rings. The van der Waals surface area contributed by atoms with Crippen LogP contribution >= 0.6 is 22.6 Å². The van der Waals surface area contributed by atoms with Crippen molar-refractivity contribution in [3.8, 4) is 5.75 Å². The molecule has 1 heterocycles. The summed E-state index contributed by atoms with van der Waals surface area (Å²) in [6.45, 7) is 0.441. The Bertz CT molecular complexity index is 1140. The van der Waals surface area contributed by atoms with Gasteiger partial charge in [0.15, 0.2) is 5.70 Å². The van der Waals surface area contributed by atoms with Crippen LogP contribution in [0.4, 0.5) is 4.39 Å². The molecular weight excluding hydrogens is 484 g/mol. The maximum absolute atomic E-state index is 13.9. The van der Waals surface area contributed by atoms with Crippen molar-refractivity contribution in [1.82, 2.24) is 0 Å². The molecule has 0 aliphatic carbocycles. The van der Waals surface area contributed by atoms with Gasteiger partial charge in [-0.3, -0.25) is 0 Å². The number of ether oxygens (including phenoxy) is 2. The molecule has 0 saturated heterocycles. The fraction of sp³-hybridized carbons (Fsp3) is 0.0435. The molecule has 6 heteroatoms. The van der Waals surface area contributed by atoms with Crippen LogP contribution in [-0.2, 0) is 16.1 Å². The SMILES string of the molecule is O=C1OC(c2ccccc2F)=N/C1=C\c1cccc(OCc2ccccc2I)c1. The van der Waals surface area contributed by atoms with E-state index in [1.54, 1.807) is 18.2 Å². The lowest BCUT2D eigenvalue weighted by atomic mass is 10.2. The fourth-order valence-electron chi connectivity index (χ4n) is 2.79. The second-order valence-electron chi connectivity index (χ2n) is 6.27. The van der Waals surface area contributed by atoms with Crippen LogP contribution < -0.4 is 4.74 Å². The Morgan fingerprint density at radius 3 is 2.66 bits per heavy atom. The van der Waals surface area contributed by atoms with Gasteiger partial charge in [-0.15, -0.1) is 0 Å². The zero-order chi connectivity index (χ0) is 20.2. The van der Waals surface area contributed by atoms with E-state index >= 15 is 0 Å². The number of rotatable bonds is 5. The zero-order valence-electron chi connectivity index (χ0n) is 15.1. The van der Waals surface area contributed by atoms with Gasteiger partial charge in [0.1, 0.15) is 18.2 Å². The largest absolute Gasteiger partial charge is 0.489 e. The van der Waals surface area contributed by atoms with Crippen molar-refractivity contribution in [2.24, 2.45) is 4.99 Å². The van der Waals surface area contributed by atoms with Crippen LogP contribution in [0.25, 0.3) is 6.08 Å². The van der Waals surface area contributed by atoms with Gasteiger partial charge in [0.2, 0.25) is 5.90 Å². The molecule has 0 N–H and O–H groups in total. The molecule has 144 valence electrons. The Kier molecular flexibility index (Phi) is 5.71. The molecule has 0 atom stereocenters. The van der Waals surface area contributed by atoms with Crippen LogP contribution in [-0.4, -0.2) is 11.9 Å². The summed E-state index contributed by atoms with van der Waals surface area (Å²) in [4.78, 5) is 16.3. The number of hydrogen-bond acceptors (Lipinski definition) is 4. The lowest BCUT2D eigenvalue weighted by Crippen LogP contribution is -2.07. The summed E-state index contributed by atoms with van der Waals surface area (Å²) < 4.78 is 26.1. The van der Waals surface area contributed by atoms with Gasteiger partial charge in [0.25, 0.3) is 0 Å². The van der Waals surface area contributed by atoms with Crippen LogP contribution in [0.5, 0.6) is 5.75 Å². The van der Waals surface area contributed by atoms with E-state index < -0.39 is 11.8 Å². The maximum Gasteiger partial charge on any atom is 0.363 e. The van der Waals surface area contributed by atoms with E-state index in [-0.39, 0.29) is 17.2 Å². The summed E-state index contributed by atoms with van der Waals surface area (Å²) in [7, 11) is 0. The van der Waals surface area contributed by atoms with Gasteiger partial charge in [-0.1, -0.05) is 42.5 Å². The zero-order valence-corrected chi connectivity index (χ0v) is 17.3. The Balaban J connectivity index is 1.54. The molecule has 4 rings (SSSR count). The predicted octanol–water partition coefficient (Wildman–Crippen LogP) is 5.35. The second kappa shape index (κ2) is 8.57. The molecule has 0 bridgehead atoms. The number of cyclic esters (lactones) is 1. The maximum atomic E-state index is 13.9. The van der Waals surface area contributed by atoms with Gasteiger partial charge >= 0.3 is 5.97 Å². The van der Waals surface area contributed by atoms with Gasteiger partial charge in [-0.25, -0.2) is 14.2 Å². The van der Waals surface area contributed by atoms with E-state index in [1.165, 1.54) is 12.1 Å². The minimum absolute atomic E-state index is 0.0367. The normalized spacial score (nSPS) is 14.6. The van der Waals surface area contributed by atoms with Crippen LogP contribution in [0.1, 0.15) is 16.7 Å². The molecule has 0 spiro atoms. The summed E-state index contributed by atoms with van der Waals surface area (Å²) in [6.07, 6.45) is 1.59. The third-order valence-corrected chi connectivity index (χ3v) is 5.29. The average molecular weight is 499 g/mol.